The topological polar surface area (TPSA) is 47.6 Å². The van der Waals surface area contributed by atoms with Crippen molar-refractivity contribution < 1.29 is 14.3 Å². The predicted molar refractivity (Wildman–Crippen MR) is 70.8 cm³/mol. The van der Waals surface area contributed by atoms with Crippen molar-refractivity contribution in [2.75, 3.05) is 27.4 Å². The number of rotatable bonds is 8. The van der Waals surface area contributed by atoms with Crippen LogP contribution in [0.2, 0.25) is 0 Å². The van der Waals surface area contributed by atoms with E-state index in [9.17, 15) is 4.79 Å². The molecule has 0 saturated carbocycles. The molecule has 1 aromatic carbocycles. The lowest BCUT2D eigenvalue weighted by Crippen LogP contribution is -2.25. The number of para-hydroxylation sites is 1. The van der Waals surface area contributed by atoms with Gasteiger partial charge in [-0.25, -0.2) is 0 Å². The summed E-state index contributed by atoms with van der Waals surface area (Å²) in [5.41, 5.74) is 1.11. The summed E-state index contributed by atoms with van der Waals surface area (Å²) in [6.45, 7) is 1.26. The number of carbonyl (C=O) groups excluding carboxylic acids is 1. The molecule has 1 aromatic rings. The van der Waals surface area contributed by atoms with Gasteiger partial charge in [-0.2, -0.15) is 0 Å². The van der Waals surface area contributed by atoms with Gasteiger partial charge in [0.2, 0.25) is 5.91 Å². The van der Waals surface area contributed by atoms with Crippen molar-refractivity contribution in [1.82, 2.24) is 5.32 Å². The van der Waals surface area contributed by atoms with E-state index in [1.807, 2.05) is 24.3 Å². The lowest BCUT2D eigenvalue weighted by molar-refractivity contribution is -0.121. The van der Waals surface area contributed by atoms with Crippen molar-refractivity contribution in [2.24, 2.45) is 0 Å². The molecule has 0 saturated heterocycles. The summed E-state index contributed by atoms with van der Waals surface area (Å²) >= 11 is 0. The quantitative estimate of drug-likeness (QED) is 0.716. The van der Waals surface area contributed by atoms with Gasteiger partial charge in [0, 0.05) is 26.7 Å². The molecule has 4 heteroatoms. The van der Waals surface area contributed by atoms with E-state index in [1.54, 1.807) is 14.2 Å². The molecule has 0 radical (unpaired) electrons. The Hall–Kier alpha value is -1.55. The average molecular weight is 251 g/mol. The Balaban J connectivity index is 2.26. The summed E-state index contributed by atoms with van der Waals surface area (Å²) in [5.74, 6) is 0.938. The molecule has 0 fully saturated rings. The smallest absolute Gasteiger partial charge is 0.220 e. The van der Waals surface area contributed by atoms with Crippen molar-refractivity contribution in [3.63, 3.8) is 0 Å². The summed E-state index contributed by atoms with van der Waals surface area (Å²) in [6.07, 6.45) is 2.05. The van der Waals surface area contributed by atoms with Crippen LogP contribution in [-0.2, 0) is 16.0 Å². The summed E-state index contributed by atoms with van der Waals surface area (Å²) in [7, 11) is 3.29. The lowest BCUT2D eigenvalue weighted by Gasteiger charge is -2.09. The van der Waals surface area contributed by atoms with E-state index in [0.29, 0.717) is 19.6 Å². The number of nitrogens with one attached hydrogen (secondary N) is 1. The summed E-state index contributed by atoms with van der Waals surface area (Å²) in [6, 6.07) is 7.84. The molecule has 0 heterocycles. The van der Waals surface area contributed by atoms with Gasteiger partial charge in [0.05, 0.1) is 7.11 Å². The van der Waals surface area contributed by atoms with Crippen molar-refractivity contribution in [2.45, 2.75) is 19.3 Å². The number of hydrogen-bond acceptors (Lipinski definition) is 3. The van der Waals surface area contributed by atoms with E-state index in [2.05, 4.69) is 5.32 Å². The third kappa shape index (κ3) is 5.19. The van der Waals surface area contributed by atoms with Gasteiger partial charge >= 0.3 is 0 Å². The predicted octanol–water partition coefficient (Wildman–Crippen LogP) is 1.78. The minimum absolute atomic E-state index is 0.0712. The zero-order valence-corrected chi connectivity index (χ0v) is 11.1. The standard InChI is InChI=1S/C14H21NO3/c1-17-11-5-8-14(16)15-10-9-12-6-3-4-7-13(12)18-2/h3-4,6-7H,5,8-11H2,1-2H3,(H,15,16). The monoisotopic (exact) mass is 251 g/mol. The number of benzene rings is 1. The summed E-state index contributed by atoms with van der Waals surface area (Å²) in [5, 5.41) is 2.89. The number of carbonyl (C=O) groups is 1. The molecule has 1 amide bonds. The van der Waals surface area contributed by atoms with Crippen LogP contribution in [0, 0.1) is 0 Å². The highest BCUT2D eigenvalue weighted by molar-refractivity contribution is 5.75. The number of ether oxygens (including phenoxy) is 2. The van der Waals surface area contributed by atoms with Crippen molar-refractivity contribution in [3.05, 3.63) is 29.8 Å². The Morgan fingerprint density at radius 3 is 2.78 bits per heavy atom. The molecule has 0 aliphatic heterocycles. The number of amides is 1. The molecule has 0 aliphatic carbocycles. The molecule has 1 rings (SSSR count). The normalized spacial score (nSPS) is 10.1. The van der Waals surface area contributed by atoms with E-state index in [-0.39, 0.29) is 5.91 Å². The fourth-order valence-corrected chi connectivity index (χ4v) is 1.71. The van der Waals surface area contributed by atoms with Crippen LogP contribution in [0.1, 0.15) is 18.4 Å². The van der Waals surface area contributed by atoms with Gasteiger partial charge in [0.15, 0.2) is 0 Å². The molecule has 0 unspecified atom stereocenters. The maximum atomic E-state index is 11.5. The van der Waals surface area contributed by atoms with E-state index in [0.717, 1.165) is 24.2 Å². The average Bonchev–Trinajstić information content (AvgIpc) is 2.39. The number of hydrogen-bond donors (Lipinski definition) is 1. The highest BCUT2D eigenvalue weighted by Crippen LogP contribution is 2.17. The van der Waals surface area contributed by atoms with Crippen molar-refractivity contribution in [3.8, 4) is 5.75 Å². The highest BCUT2D eigenvalue weighted by atomic mass is 16.5. The van der Waals surface area contributed by atoms with Crippen LogP contribution in [0.3, 0.4) is 0 Å². The Morgan fingerprint density at radius 2 is 2.06 bits per heavy atom. The molecule has 0 atom stereocenters. The SMILES string of the molecule is COCCCC(=O)NCCc1ccccc1OC. The molecule has 0 aromatic heterocycles. The highest BCUT2D eigenvalue weighted by Gasteiger charge is 2.03. The lowest BCUT2D eigenvalue weighted by atomic mass is 10.1. The number of methoxy groups -OCH3 is 2. The maximum absolute atomic E-state index is 11.5. The first-order chi connectivity index (χ1) is 8.77. The van der Waals surface area contributed by atoms with Gasteiger partial charge in [0.25, 0.3) is 0 Å². The first kappa shape index (κ1) is 14.5. The molecule has 18 heavy (non-hydrogen) atoms. The summed E-state index contributed by atoms with van der Waals surface area (Å²) in [4.78, 5) is 11.5. The van der Waals surface area contributed by atoms with Crippen LogP contribution >= 0.6 is 0 Å². The second kappa shape index (κ2) is 8.53. The molecular weight excluding hydrogens is 230 g/mol. The zero-order chi connectivity index (χ0) is 13.2. The molecule has 0 bridgehead atoms. The third-order valence-corrected chi connectivity index (χ3v) is 2.66. The van der Waals surface area contributed by atoms with Crippen LogP contribution in [-0.4, -0.2) is 33.3 Å². The van der Waals surface area contributed by atoms with Crippen molar-refractivity contribution in [1.29, 1.82) is 0 Å². The first-order valence-electron chi connectivity index (χ1n) is 6.15. The van der Waals surface area contributed by atoms with Gasteiger partial charge in [-0.15, -0.1) is 0 Å². The van der Waals surface area contributed by atoms with Crippen LogP contribution < -0.4 is 10.1 Å². The molecule has 0 aliphatic rings. The Morgan fingerprint density at radius 1 is 1.28 bits per heavy atom. The maximum Gasteiger partial charge on any atom is 0.220 e. The van der Waals surface area contributed by atoms with E-state index in [4.69, 9.17) is 9.47 Å². The van der Waals surface area contributed by atoms with Crippen LogP contribution in [0.5, 0.6) is 5.75 Å². The Bertz CT molecular complexity index is 366. The molecule has 100 valence electrons. The first-order valence-corrected chi connectivity index (χ1v) is 6.15. The molecular formula is C14H21NO3. The molecule has 1 N–H and O–H groups in total. The largest absolute Gasteiger partial charge is 0.496 e. The fourth-order valence-electron chi connectivity index (χ4n) is 1.71. The van der Waals surface area contributed by atoms with Crippen molar-refractivity contribution >= 4 is 5.91 Å². The second-order valence-corrected chi connectivity index (χ2v) is 4.01. The molecule has 4 nitrogen and oxygen atoms in total. The van der Waals surface area contributed by atoms with Gasteiger partial charge in [-0.05, 0) is 24.5 Å². The minimum atomic E-state index is 0.0712. The Labute approximate surface area is 108 Å². The van der Waals surface area contributed by atoms with E-state index >= 15 is 0 Å². The van der Waals surface area contributed by atoms with E-state index < -0.39 is 0 Å². The van der Waals surface area contributed by atoms with Gasteiger partial charge < -0.3 is 14.8 Å². The van der Waals surface area contributed by atoms with Crippen LogP contribution in [0.25, 0.3) is 0 Å². The van der Waals surface area contributed by atoms with Crippen LogP contribution in [0.4, 0.5) is 0 Å². The van der Waals surface area contributed by atoms with Gasteiger partial charge in [-0.3, -0.25) is 4.79 Å². The minimum Gasteiger partial charge on any atom is -0.496 e. The second-order valence-electron chi connectivity index (χ2n) is 4.01. The zero-order valence-electron chi connectivity index (χ0n) is 11.1. The Kier molecular flexibility index (Phi) is 6.87. The molecule has 0 spiro atoms. The van der Waals surface area contributed by atoms with Gasteiger partial charge in [-0.1, -0.05) is 18.2 Å². The van der Waals surface area contributed by atoms with Crippen LogP contribution in [0.15, 0.2) is 24.3 Å². The third-order valence-electron chi connectivity index (χ3n) is 2.66. The van der Waals surface area contributed by atoms with Gasteiger partial charge in [0.1, 0.15) is 5.75 Å². The van der Waals surface area contributed by atoms with E-state index in [1.165, 1.54) is 0 Å². The summed E-state index contributed by atoms with van der Waals surface area (Å²) < 4.78 is 10.2. The fraction of sp³-hybridized carbons (Fsp3) is 0.500.